The molecule has 2 N–H and O–H groups in total. The number of nitrogens with two attached hydrogens (primary N) is 1. The van der Waals surface area contributed by atoms with E-state index in [0.717, 1.165) is 5.56 Å². The molecule has 1 heterocycles. The van der Waals surface area contributed by atoms with Gasteiger partial charge in [-0.15, -0.1) is 0 Å². The second kappa shape index (κ2) is 9.39. The lowest BCUT2D eigenvalue weighted by Crippen LogP contribution is -2.45. The van der Waals surface area contributed by atoms with Crippen molar-refractivity contribution < 1.29 is 23.9 Å². The minimum Gasteiger partial charge on any atom is -0.447 e. The Labute approximate surface area is 186 Å². The van der Waals surface area contributed by atoms with Crippen LogP contribution in [0.15, 0.2) is 54.6 Å². The van der Waals surface area contributed by atoms with Crippen molar-refractivity contribution in [2.24, 2.45) is 5.73 Å². The van der Waals surface area contributed by atoms with Gasteiger partial charge in [-0.05, 0) is 43.5 Å². The van der Waals surface area contributed by atoms with Gasteiger partial charge in [0.1, 0.15) is 12.2 Å². The number of amides is 3. The topological polar surface area (TPSA) is 98.9 Å². The van der Waals surface area contributed by atoms with E-state index in [1.165, 1.54) is 4.90 Å². The predicted octanol–water partition coefficient (Wildman–Crippen LogP) is 4.28. The molecule has 31 heavy (non-hydrogen) atoms. The molecule has 0 spiro atoms. The van der Waals surface area contributed by atoms with Crippen molar-refractivity contribution in [1.29, 1.82) is 0 Å². The molecule has 0 bridgehead atoms. The third-order valence-electron chi connectivity index (χ3n) is 5.16. The molecule has 1 aliphatic heterocycles. The van der Waals surface area contributed by atoms with Crippen molar-refractivity contribution in [3.63, 3.8) is 0 Å². The second-order valence-electron chi connectivity index (χ2n) is 8.12. The van der Waals surface area contributed by atoms with E-state index in [1.807, 2.05) is 30.3 Å². The third-order valence-corrected chi connectivity index (χ3v) is 5.41. The first-order valence-electron chi connectivity index (χ1n) is 9.94. The Morgan fingerprint density at radius 2 is 1.84 bits per heavy atom. The number of benzene rings is 2. The Morgan fingerprint density at radius 3 is 2.45 bits per heavy atom. The van der Waals surface area contributed by atoms with Crippen LogP contribution in [0.5, 0.6) is 0 Å². The summed E-state index contributed by atoms with van der Waals surface area (Å²) in [7, 11) is 0. The lowest BCUT2D eigenvalue weighted by Gasteiger charge is -2.31. The van der Waals surface area contributed by atoms with Crippen molar-refractivity contribution in [2.45, 2.75) is 44.2 Å². The molecule has 1 fully saturated rings. The number of rotatable bonds is 7. The highest BCUT2D eigenvalue weighted by Crippen LogP contribution is 2.33. The zero-order valence-electron chi connectivity index (χ0n) is 17.4. The van der Waals surface area contributed by atoms with E-state index in [2.05, 4.69) is 0 Å². The SMILES string of the molecule is CC(C)(CC(C(=O)N1C(=O)OC[C@@H]1Cc1ccccc1)c1ccc(Cl)cc1)OC(N)=O. The number of nitrogens with zero attached hydrogens (tertiary/aromatic N) is 1. The Kier molecular flexibility index (Phi) is 6.85. The molecule has 1 aliphatic rings. The fourth-order valence-corrected chi connectivity index (χ4v) is 3.91. The number of hydrogen-bond donors (Lipinski definition) is 1. The number of carbonyl (C=O) groups is 3. The number of ether oxygens (including phenoxy) is 2. The van der Waals surface area contributed by atoms with Crippen LogP contribution >= 0.6 is 11.6 Å². The molecule has 1 unspecified atom stereocenters. The van der Waals surface area contributed by atoms with Crippen LogP contribution in [0.2, 0.25) is 5.02 Å². The van der Waals surface area contributed by atoms with Gasteiger partial charge in [-0.25, -0.2) is 14.5 Å². The monoisotopic (exact) mass is 444 g/mol. The second-order valence-corrected chi connectivity index (χ2v) is 8.55. The largest absolute Gasteiger partial charge is 0.447 e. The van der Waals surface area contributed by atoms with Crippen molar-refractivity contribution >= 4 is 29.7 Å². The molecule has 2 aromatic rings. The Bertz CT molecular complexity index is 946. The Hall–Kier alpha value is -3.06. The van der Waals surface area contributed by atoms with Gasteiger partial charge < -0.3 is 15.2 Å². The first kappa shape index (κ1) is 22.6. The lowest BCUT2D eigenvalue weighted by atomic mass is 9.86. The maximum absolute atomic E-state index is 13.6. The summed E-state index contributed by atoms with van der Waals surface area (Å²) in [5.74, 6) is -1.19. The van der Waals surface area contributed by atoms with E-state index < -0.39 is 35.7 Å². The van der Waals surface area contributed by atoms with Gasteiger partial charge in [0, 0.05) is 11.4 Å². The highest BCUT2D eigenvalue weighted by molar-refractivity contribution is 6.30. The van der Waals surface area contributed by atoms with Crippen LogP contribution in [-0.4, -0.2) is 41.2 Å². The zero-order chi connectivity index (χ0) is 22.6. The summed E-state index contributed by atoms with van der Waals surface area (Å²) in [5, 5.41) is 0.519. The quantitative estimate of drug-likeness (QED) is 0.687. The maximum atomic E-state index is 13.6. The summed E-state index contributed by atoms with van der Waals surface area (Å²) in [5.41, 5.74) is 5.79. The zero-order valence-corrected chi connectivity index (χ0v) is 18.2. The molecule has 7 nitrogen and oxygen atoms in total. The molecule has 3 rings (SSSR count). The van der Waals surface area contributed by atoms with Crippen LogP contribution in [0.25, 0.3) is 0 Å². The van der Waals surface area contributed by atoms with Crippen molar-refractivity contribution in [1.82, 2.24) is 4.90 Å². The Balaban J connectivity index is 1.90. The summed E-state index contributed by atoms with van der Waals surface area (Å²) in [6.45, 7) is 3.45. The lowest BCUT2D eigenvalue weighted by molar-refractivity contribution is -0.132. The first-order valence-corrected chi connectivity index (χ1v) is 10.3. The molecule has 1 saturated heterocycles. The fourth-order valence-electron chi connectivity index (χ4n) is 3.78. The Morgan fingerprint density at radius 1 is 1.19 bits per heavy atom. The number of primary amides is 1. The van der Waals surface area contributed by atoms with Crippen LogP contribution in [-0.2, 0) is 20.7 Å². The molecule has 8 heteroatoms. The standard InChI is InChI=1S/C23H25ClN2O5/c1-23(2,31-21(25)28)13-19(16-8-10-17(24)11-9-16)20(27)26-18(14-30-22(26)29)12-15-6-4-3-5-7-15/h3-11,18-19H,12-14H2,1-2H3,(H2,25,28)/t18-,19?/m0/s1. The molecular formula is C23H25ClN2O5. The summed E-state index contributed by atoms with van der Waals surface area (Å²) >= 11 is 6.01. The van der Waals surface area contributed by atoms with E-state index in [4.69, 9.17) is 26.8 Å². The minimum absolute atomic E-state index is 0.119. The van der Waals surface area contributed by atoms with E-state index in [9.17, 15) is 14.4 Å². The number of halogens is 1. The third kappa shape index (κ3) is 5.76. The van der Waals surface area contributed by atoms with Crippen LogP contribution < -0.4 is 5.73 Å². The van der Waals surface area contributed by atoms with Gasteiger partial charge >= 0.3 is 12.2 Å². The number of hydrogen-bond acceptors (Lipinski definition) is 5. The summed E-state index contributed by atoms with van der Waals surface area (Å²) < 4.78 is 10.4. The number of imide groups is 1. The van der Waals surface area contributed by atoms with Gasteiger partial charge in [0.05, 0.1) is 12.0 Å². The summed E-state index contributed by atoms with van der Waals surface area (Å²) in [6.07, 6.45) is -1.01. The predicted molar refractivity (Wildman–Crippen MR) is 116 cm³/mol. The molecule has 0 aliphatic carbocycles. The normalized spacial score (nSPS) is 17.2. The van der Waals surface area contributed by atoms with E-state index in [-0.39, 0.29) is 13.0 Å². The van der Waals surface area contributed by atoms with Gasteiger partial charge in [0.2, 0.25) is 5.91 Å². The first-order chi connectivity index (χ1) is 14.7. The van der Waals surface area contributed by atoms with E-state index >= 15 is 0 Å². The average molecular weight is 445 g/mol. The molecule has 164 valence electrons. The maximum Gasteiger partial charge on any atom is 0.417 e. The number of carbonyl (C=O) groups excluding carboxylic acids is 3. The van der Waals surface area contributed by atoms with Crippen LogP contribution in [0.1, 0.15) is 37.3 Å². The molecule has 0 aromatic heterocycles. The van der Waals surface area contributed by atoms with Crippen LogP contribution in [0.3, 0.4) is 0 Å². The molecular weight excluding hydrogens is 420 g/mol. The molecule has 3 amide bonds. The molecule has 2 atom stereocenters. The minimum atomic E-state index is -1.04. The van der Waals surface area contributed by atoms with Crippen LogP contribution in [0.4, 0.5) is 9.59 Å². The average Bonchev–Trinajstić information content (AvgIpc) is 3.06. The van der Waals surface area contributed by atoms with E-state index in [0.29, 0.717) is 17.0 Å². The fraction of sp³-hybridized carbons (Fsp3) is 0.348. The van der Waals surface area contributed by atoms with Crippen molar-refractivity contribution in [3.05, 3.63) is 70.7 Å². The van der Waals surface area contributed by atoms with Crippen LogP contribution in [0, 0.1) is 0 Å². The van der Waals surface area contributed by atoms with Gasteiger partial charge in [-0.2, -0.15) is 0 Å². The smallest absolute Gasteiger partial charge is 0.417 e. The van der Waals surface area contributed by atoms with Crippen molar-refractivity contribution in [3.8, 4) is 0 Å². The highest BCUT2D eigenvalue weighted by atomic mass is 35.5. The van der Waals surface area contributed by atoms with Gasteiger partial charge in [0.15, 0.2) is 0 Å². The van der Waals surface area contributed by atoms with Gasteiger partial charge in [0.25, 0.3) is 0 Å². The summed E-state index contributed by atoms with van der Waals surface area (Å²) in [4.78, 5) is 38.6. The summed E-state index contributed by atoms with van der Waals surface area (Å²) in [6, 6.07) is 15.9. The molecule has 0 saturated carbocycles. The molecule has 0 radical (unpaired) electrons. The van der Waals surface area contributed by atoms with E-state index in [1.54, 1.807) is 38.1 Å². The number of cyclic esters (lactones) is 1. The van der Waals surface area contributed by atoms with Gasteiger partial charge in [-0.1, -0.05) is 54.1 Å². The highest BCUT2D eigenvalue weighted by Gasteiger charge is 2.43. The van der Waals surface area contributed by atoms with Crippen molar-refractivity contribution in [2.75, 3.05) is 6.61 Å². The van der Waals surface area contributed by atoms with Gasteiger partial charge in [-0.3, -0.25) is 4.79 Å². The molecule has 2 aromatic carbocycles.